The number of benzene rings is 1. The Hall–Kier alpha value is -1.39. The monoisotopic (exact) mass is 321 g/mol. The maximum atomic E-state index is 12.2. The van der Waals surface area contributed by atoms with Crippen LogP contribution in [0.3, 0.4) is 0 Å². The summed E-state index contributed by atoms with van der Waals surface area (Å²) in [6.45, 7) is 4.22. The third-order valence-electron chi connectivity index (χ3n) is 3.63. The first-order chi connectivity index (χ1) is 9.89. The van der Waals surface area contributed by atoms with Crippen LogP contribution in [0.25, 0.3) is 10.6 Å². The number of methoxy groups -OCH3 is 1. The fraction of sp³-hybridized carbons (Fsp3) is 0.375. The molecule has 0 aliphatic heterocycles. The van der Waals surface area contributed by atoms with E-state index in [0.29, 0.717) is 17.2 Å². The predicted octanol–water partition coefficient (Wildman–Crippen LogP) is 4.63. The van der Waals surface area contributed by atoms with Crippen molar-refractivity contribution >= 4 is 28.7 Å². The molecule has 21 heavy (non-hydrogen) atoms. The van der Waals surface area contributed by atoms with Gasteiger partial charge in [0.2, 0.25) is 0 Å². The minimum Gasteiger partial charge on any atom is -0.495 e. The Morgan fingerprint density at radius 1 is 1.33 bits per heavy atom. The van der Waals surface area contributed by atoms with E-state index in [0.717, 1.165) is 27.6 Å². The molecule has 0 fully saturated rings. The van der Waals surface area contributed by atoms with Crippen LogP contribution in [0.1, 0.15) is 35.6 Å². The van der Waals surface area contributed by atoms with Crippen molar-refractivity contribution in [1.82, 2.24) is 4.98 Å². The molecular formula is C16H16ClNO2S. The number of nitrogens with zero attached hydrogens (tertiary/aromatic N) is 1. The molecule has 0 N–H and O–H groups in total. The van der Waals surface area contributed by atoms with E-state index >= 15 is 0 Å². The quantitative estimate of drug-likeness (QED) is 0.809. The second-order valence-electron chi connectivity index (χ2n) is 6.09. The minimum atomic E-state index is -0.00696. The number of hydrogen-bond acceptors (Lipinski definition) is 4. The summed E-state index contributed by atoms with van der Waals surface area (Å²) in [5, 5.41) is 1.39. The van der Waals surface area contributed by atoms with Gasteiger partial charge >= 0.3 is 0 Å². The standard InChI is InChI=1S/C16H16ClNO2S/c1-16(2)7-11-14(12(19)8-16)21-15(18-11)9-4-5-13(20-3)10(17)6-9/h4-6H,7-8H2,1-3H3. The summed E-state index contributed by atoms with van der Waals surface area (Å²) in [5.41, 5.74) is 1.83. The minimum absolute atomic E-state index is 0.00696. The number of aromatic nitrogens is 1. The van der Waals surface area contributed by atoms with Crippen molar-refractivity contribution in [3.05, 3.63) is 33.8 Å². The molecule has 0 unspecified atom stereocenters. The van der Waals surface area contributed by atoms with Crippen LogP contribution in [-0.4, -0.2) is 17.9 Å². The largest absolute Gasteiger partial charge is 0.495 e. The van der Waals surface area contributed by atoms with Crippen molar-refractivity contribution in [3.63, 3.8) is 0 Å². The molecule has 0 spiro atoms. The first kappa shape index (κ1) is 14.5. The van der Waals surface area contributed by atoms with Crippen molar-refractivity contribution in [1.29, 1.82) is 0 Å². The number of rotatable bonds is 2. The van der Waals surface area contributed by atoms with Crippen molar-refractivity contribution < 1.29 is 9.53 Å². The van der Waals surface area contributed by atoms with Gasteiger partial charge in [-0.3, -0.25) is 4.79 Å². The number of carbonyl (C=O) groups excluding carboxylic acids is 1. The van der Waals surface area contributed by atoms with E-state index in [4.69, 9.17) is 16.3 Å². The van der Waals surface area contributed by atoms with Crippen LogP contribution in [-0.2, 0) is 6.42 Å². The number of thiazole rings is 1. The first-order valence-electron chi connectivity index (χ1n) is 6.76. The highest BCUT2D eigenvalue weighted by Gasteiger charge is 2.34. The zero-order chi connectivity index (χ0) is 15.2. The molecule has 110 valence electrons. The average molecular weight is 322 g/mol. The Bertz CT molecular complexity index is 721. The summed E-state index contributed by atoms with van der Waals surface area (Å²) in [6.07, 6.45) is 1.43. The van der Waals surface area contributed by atoms with Crippen LogP contribution < -0.4 is 4.74 Å². The van der Waals surface area contributed by atoms with Crippen molar-refractivity contribution in [2.45, 2.75) is 26.7 Å². The van der Waals surface area contributed by atoms with Gasteiger partial charge in [-0.2, -0.15) is 0 Å². The normalized spacial score (nSPS) is 16.7. The van der Waals surface area contributed by atoms with E-state index in [-0.39, 0.29) is 11.2 Å². The van der Waals surface area contributed by atoms with E-state index in [9.17, 15) is 4.79 Å². The molecule has 0 saturated heterocycles. The Morgan fingerprint density at radius 2 is 2.10 bits per heavy atom. The van der Waals surface area contributed by atoms with E-state index < -0.39 is 0 Å². The summed E-state index contributed by atoms with van der Waals surface area (Å²) in [6, 6.07) is 5.58. The van der Waals surface area contributed by atoms with Crippen LogP contribution in [0.15, 0.2) is 18.2 Å². The molecular weight excluding hydrogens is 306 g/mol. The number of ether oxygens (including phenoxy) is 1. The third kappa shape index (κ3) is 2.70. The zero-order valence-corrected chi connectivity index (χ0v) is 13.8. The molecule has 0 saturated carbocycles. The highest BCUT2D eigenvalue weighted by atomic mass is 35.5. The molecule has 2 aromatic rings. The topological polar surface area (TPSA) is 39.2 Å². The van der Waals surface area contributed by atoms with E-state index in [1.54, 1.807) is 7.11 Å². The van der Waals surface area contributed by atoms with Crippen LogP contribution in [0.4, 0.5) is 0 Å². The zero-order valence-electron chi connectivity index (χ0n) is 12.2. The highest BCUT2D eigenvalue weighted by Crippen LogP contribution is 2.40. The van der Waals surface area contributed by atoms with E-state index in [1.807, 2.05) is 18.2 Å². The van der Waals surface area contributed by atoms with Crippen LogP contribution in [0.5, 0.6) is 5.75 Å². The lowest BCUT2D eigenvalue weighted by atomic mass is 9.78. The SMILES string of the molecule is COc1ccc(-c2nc3c(s2)C(=O)CC(C)(C)C3)cc1Cl. The van der Waals surface area contributed by atoms with Crippen LogP contribution >= 0.6 is 22.9 Å². The molecule has 1 aromatic carbocycles. The van der Waals surface area contributed by atoms with Gasteiger partial charge in [-0.05, 0) is 30.0 Å². The summed E-state index contributed by atoms with van der Waals surface area (Å²) < 4.78 is 5.16. The lowest BCUT2D eigenvalue weighted by molar-refractivity contribution is 0.0916. The van der Waals surface area contributed by atoms with Gasteiger partial charge in [0.25, 0.3) is 0 Å². The van der Waals surface area contributed by atoms with Crippen LogP contribution in [0.2, 0.25) is 5.02 Å². The Kier molecular flexibility index (Phi) is 3.54. The fourth-order valence-electron chi connectivity index (χ4n) is 2.64. The van der Waals surface area contributed by atoms with Gasteiger partial charge in [0, 0.05) is 12.0 Å². The van der Waals surface area contributed by atoms with Gasteiger partial charge in [-0.15, -0.1) is 11.3 Å². The molecule has 3 rings (SSSR count). The van der Waals surface area contributed by atoms with Gasteiger partial charge in [0.1, 0.15) is 10.8 Å². The number of hydrogen-bond donors (Lipinski definition) is 0. The van der Waals surface area contributed by atoms with Gasteiger partial charge in [0.15, 0.2) is 5.78 Å². The lowest BCUT2D eigenvalue weighted by Gasteiger charge is -2.26. The number of Topliss-reactive ketones (excluding diaryl/α,β-unsaturated/α-hetero) is 1. The molecule has 0 bridgehead atoms. The summed E-state index contributed by atoms with van der Waals surface area (Å²) in [4.78, 5) is 17.7. The second kappa shape index (κ2) is 5.11. The lowest BCUT2D eigenvalue weighted by Crippen LogP contribution is -2.25. The third-order valence-corrected chi connectivity index (χ3v) is 5.12. The predicted molar refractivity (Wildman–Crippen MR) is 85.5 cm³/mol. The Morgan fingerprint density at radius 3 is 2.76 bits per heavy atom. The fourth-order valence-corrected chi connectivity index (χ4v) is 3.92. The van der Waals surface area contributed by atoms with Crippen molar-refractivity contribution in [3.8, 4) is 16.3 Å². The molecule has 1 aliphatic rings. The Balaban J connectivity index is 2.02. The van der Waals surface area contributed by atoms with Crippen molar-refractivity contribution in [2.24, 2.45) is 5.41 Å². The smallest absolute Gasteiger partial charge is 0.175 e. The molecule has 0 amide bonds. The summed E-state index contributed by atoms with van der Waals surface area (Å²) >= 11 is 7.62. The Labute approximate surface area is 132 Å². The van der Waals surface area contributed by atoms with Crippen molar-refractivity contribution in [2.75, 3.05) is 7.11 Å². The number of fused-ring (bicyclic) bond motifs is 1. The number of carbonyl (C=O) groups is 1. The molecule has 1 aromatic heterocycles. The van der Waals surface area contributed by atoms with Gasteiger partial charge in [-0.1, -0.05) is 25.4 Å². The molecule has 0 radical (unpaired) electrons. The maximum Gasteiger partial charge on any atom is 0.175 e. The molecule has 5 heteroatoms. The van der Waals surface area contributed by atoms with Crippen LogP contribution in [0, 0.1) is 5.41 Å². The summed E-state index contributed by atoms with van der Waals surface area (Å²) in [7, 11) is 1.59. The molecule has 1 heterocycles. The average Bonchev–Trinajstić information content (AvgIpc) is 2.81. The molecule has 3 nitrogen and oxygen atoms in total. The number of halogens is 1. The second-order valence-corrected chi connectivity index (χ2v) is 7.49. The van der Waals surface area contributed by atoms with Gasteiger partial charge in [0.05, 0.1) is 22.7 Å². The molecule has 0 atom stereocenters. The summed E-state index contributed by atoms with van der Waals surface area (Å²) in [5.74, 6) is 0.837. The van der Waals surface area contributed by atoms with E-state index in [2.05, 4.69) is 18.8 Å². The highest BCUT2D eigenvalue weighted by molar-refractivity contribution is 7.17. The first-order valence-corrected chi connectivity index (χ1v) is 7.96. The molecule has 1 aliphatic carbocycles. The van der Waals surface area contributed by atoms with E-state index in [1.165, 1.54) is 11.3 Å². The number of ketones is 1. The van der Waals surface area contributed by atoms with Gasteiger partial charge in [-0.25, -0.2) is 4.98 Å². The maximum absolute atomic E-state index is 12.2. The van der Waals surface area contributed by atoms with Gasteiger partial charge < -0.3 is 4.74 Å².